The molecule has 2 atom stereocenters. The van der Waals surface area contributed by atoms with Crippen LogP contribution in [0.4, 0.5) is 5.69 Å². The lowest BCUT2D eigenvalue weighted by atomic mass is 10.1. The van der Waals surface area contributed by atoms with Gasteiger partial charge in [0.2, 0.25) is 0 Å². The van der Waals surface area contributed by atoms with Gasteiger partial charge in [-0.05, 0) is 37.5 Å². The minimum absolute atomic E-state index is 0.226. The van der Waals surface area contributed by atoms with Gasteiger partial charge in [0.15, 0.2) is 0 Å². The summed E-state index contributed by atoms with van der Waals surface area (Å²) in [6, 6.07) is 5.48. The van der Waals surface area contributed by atoms with Crippen LogP contribution in [0.2, 0.25) is 0 Å². The van der Waals surface area contributed by atoms with Crippen LogP contribution in [0, 0.1) is 18.8 Å². The number of aryl methyl sites for hydroxylation is 1. The summed E-state index contributed by atoms with van der Waals surface area (Å²) in [5.74, 6) is 5.12. The third kappa shape index (κ3) is 2.33. The first kappa shape index (κ1) is 13.8. The number of rotatable bonds is 1. The van der Waals surface area contributed by atoms with Crippen LogP contribution in [-0.2, 0) is 14.3 Å². The molecule has 3 rings (SSSR count). The molecule has 108 valence electrons. The lowest BCUT2D eigenvalue weighted by Crippen LogP contribution is -2.52. The highest BCUT2D eigenvalue weighted by atomic mass is 16.5. The number of hydrogen-bond acceptors (Lipinski definition) is 4. The number of morpholine rings is 1. The first-order valence-corrected chi connectivity index (χ1v) is 6.94. The number of fused-ring (bicyclic) bond motifs is 2. The Bertz CT molecular complexity index is 650. The van der Waals surface area contributed by atoms with Gasteiger partial charge in [0, 0.05) is 5.56 Å². The van der Waals surface area contributed by atoms with Crippen molar-refractivity contribution >= 4 is 17.5 Å². The highest BCUT2D eigenvalue weighted by Crippen LogP contribution is 2.33. The van der Waals surface area contributed by atoms with E-state index in [2.05, 4.69) is 11.8 Å². The normalized spacial score (nSPS) is 24.0. The number of hydrogen-bond donors (Lipinski definition) is 1. The van der Waals surface area contributed by atoms with Gasteiger partial charge < -0.3 is 10.5 Å². The van der Waals surface area contributed by atoms with Crippen molar-refractivity contribution in [3.63, 3.8) is 0 Å². The Morgan fingerprint density at radius 1 is 1.29 bits per heavy atom. The topological polar surface area (TPSA) is 72.6 Å². The number of benzene rings is 1. The molecule has 5 heteroatoms. The molecule has 2 saturated heterocycles. The van der Waals surface area contributed by atoms with E-state index in [-0.39, 0.29) is 18.4 Å². The second kappa shape index (κ2) is 5.32. The van der Waals surface area contributed by atoms with Gasteiger partial charge in [0.25, 0.3) is 11.8 Å². The van der Waals surface area contributed by atoms with Crippen LogP contribution in [0.1, 0.15) is 24.0 Å². The van der Waals surface area contributed by atoms with Crippen molar-refractivity contribution in [2.75, 3.05) is 11.4 Å². The Hall–Kier alpha value is -2.16. The zero-order valence-corrected chi connectivity index (χ0v) is 11.8. The van der Waals surface area contributed by atoms with Crippen LogP contribution in [0.25, 0.3) is 0 Å². The van der Waals surface area contributed by atoms with E-state index in [1.54, 1.807) is 6.07 Å². The van der Waals surface area contributed by atoms with Crippen LogP contribution in [0.15, 0.2) is 18.2 Å². The molecule has 0 radical (unpaired) electrons. The average Bonchev–Trinajstić information content (AvgIpc) is 2.92. The number of carbonyl (C=O) groups excluding carboxylic acids is 2. The van der Waals surface area contributed by atoms with Crippen LogP contribution in [0.5, 0.6) is 0 Å². The summed E-state index contributed by atoms with van der Waals surface area (Å²) in [5, 5.41) is 0. The van der Waals surface area contributed by atoms with Gasteiger partial charge in [0.05, 0.1) is 12.2 Å². The number of anilines is 1. The lowest BCUT2D eigenvalue weighted by Gasteiger charge is -2.30. The zero-order valence-electron chi connectivity index (χ0n) is 11.8. The standard InChI is InChI=1S/C16H16N2O3/c1-10-4-5-12(11(9-10)3-2-8-17)18-15(19)13-6-7-14(21-13)16(18)20/h4-5,9,13-14H,6-8,17H2,1H3. The first-order valence-electron chi connectivity index (χ1n) is 6.94. The van der Waals surface area contributed by atoms with Crippen LogP contribution < -0.4 is 10.6 Å². The van der Waals surface area contributed by atoms with Gasteiger partial charge in [-0.1, -0.05) is 17.9 Å². The molecule has 0 spiro atoms. The zero-order chi connectivity index (χ0) is 15.0. The van der Waals surface area contributed by atoms with Crippen molar-refractivity contribution in [1.82, 2.24) is 0 Å². The van der Waals surface area contributed by atoms with Gasteiger partial charge in [-0.25, -0.2) is 4.90 Å². The van der Waals surface area contributed by atoms with E-state index < -0.39 is 12.2 Å². The lowest BCUT2D eigenvalue weighted by molar-refractivity contribution is -0.146. The molecule has 2 fully saturated rings. The molecule has 21 heavy (non-hydrogen) atoms. The molecule has 1 aromatic rings. The van der Waals surface area contributed by atoms with Gasteiger partial charge in [-0.3, -0.25) is 9.59 Å². The molecule has 0 aromatic heterocycles. The monoisotopic (exact) mass is 284 g/mol. The molecule has 2 heterocycles. The average molecular weight is 284 g/mol. The largest absolute Gasteiger partial charge is 0.355 e. The minimum atomic E-state index is -0.510. The second-order valence-corrected chi connectivity index (χ2v) is 5.23. The Kier molecular flexibility index (Phi) is 3.50. The molecule has 0 aliphatic carbocycles. The van der Waals surface area contributed by atoms with E-state index >= 15 is 0 Å². The summed E-state index contributed by atoms with van der Waals surface area (Å²) < 4.78 is 5.42. The fourth-order valence-corrected chi connectivity index (χ4v) is 2.73. The highest BCUT2D eigenvalue weighted by molar-refractivity contribution is 6.20. The van der Waals surface area contributed by atoms with Crippen molar-refractivity contribution in [3.8, 4) is 11.8 Å². The molecule has 2 N–H and O–H groups in total. The van der Waals surface area contributed by atoms with Crippen LogP contribution in [-0.4, -0.2) is 30.6 Å². The van der Waals surface area contributed by atoms with Crippen molar-refractivity contribution in [1.29, 1.82) is 0 Å². The Morgan fingerprint density at radius 3 is 2.57 bits per heavy atom. The van der Waals surface area contributed by atoms with Crippen molar-refractivity contribution in [3.05, 3.63) is 29.3 Å². The Morgan fingerprint density at radius 2 is 1.95 bits per heavy atom. The van der Waals surface area contributed by atoms with E-state index in [1.807, 2.05) is 19.1 Å². The molecule has 1 aromatic carbocycles. The molecule has 2 aliphatic heterocycles. The van der Waals surface area contributed by atoms with E-state index in [1.165, 1.54) is 4.90 Å². The van der Waals surface area contributed by atoms with E-state index in [0.717, 1.165) is 5.56 Å². The molecule has 2 unspecified atom stereocenters. The second-order valence-electron chi connectivity index (χ2n) is 5.23. The molecular formula is C16H16N2O3. The summed E-state index contributed by atoms with van der Waals surface area (Å²) in [6.07, 6.45) is 0.177. The molecule has 2 aliphatic rings. The smallest absolute Gasteiger partial charge is 0.263 e. The predicted octanol–water partition coefficient (Wildman–Crippen LogP) is 0.726. The molecular weight excluding hydrogens is 268 g/mol. The van der Waals surface area contributed by atoms with E-state index in [4.69, 9.17) is 10.5 Å². The maximum Gasteiger partial charge on any atom is 0.263 e. The van der Waals surface area contributed by atoms with E-state index in [0.29, 0.717) is 24.1 Å². The van der Waals surface area contributed by atoms with Crippen molar-refractivity contribution < 1.29 is 14.3 Å². The highest BCUT2D eigenvalue weighted by Gasteiger charge is 2.47. The molecule has 2 bridgehead atoms. The number of nitrogens with two attached hydrogens (primary N) is 1. The molecule has 0 saturated carbocycles. The Labute approximate surface area is 123 Å². The SMILES string of the molecule is Cc1ccc(N2C(=O)C3CCC(O3)C2=O)c(C#CCN)c1. The quantitative estimate of drug-likeness (QED) is 0.609. The minimum Gasteiger partial charge on any atom is -0.355 e. The number of nitrogens with zero attached hydrogens (tertiary/aromatic N) is 1. The number of imide groups is 1. The summed E-state index contributed by atoms with van der Waals surface area (Å²) in [6.45, 7) is 2.16. The molecule has 2 amide bonds. The summed E-state index contributed by atoms with van der Waals surface area (Å²) >= 11 is 0. The number of amides is 2. The third-order valence-corrected chi connectivity index (χ3v) is 3.73. The number of ether oxygens (including phenoxy) is 1. The third-order valence-electron chi connectivity index (χ3n) is 3.73. The molecule has 5 nitrogen and oxygen atoms in total. The van der Waals surface area contributed by atoms with Crippen LogP contribution >= 0.6 is 0 Å². The summed E-state index contributed by atoms with van der Waals surface area (Å²) in [4.78, 5) is 26.1. The van der Waals surface area contributed by atoms with Gasteiger partial charge in [-0.15, -0.1) is 0 Å². The van der Waals surface area contributed by atoms with Crippen LogP contribution in [0.3, 0.4) is 0 Å². The summed E-state index contributed by atoms with van der Waals surface area (Å²) in [5.41, 5.74) is 7.59. The fraction of sp³-hybridized carbons (Fsp3) is 0.375. The number of carbonyl (C=O) groups is 2. The van der Waals surface area contributed by atoms with Gasteiger partial charge >= 0.3 is 0 Å². The van der Waals surface area contributed by atoms with Crippen molar-refractivity contribution in [2.24, 2.45) is 5.73 Å². The van der Waals surface area contributed by atoms with E-state index in [9.17, 15) is 9.59 Å². The Balaban J connectivity index is 2.07. The predicted molar refractivity (Wildman–Crippen MR) is 77.5 cm³/mol. The maximum atomic E-state index is 12.4. The fourth-order valence-electron chi connectivity index (χ4n) is 2.73. The summed E-state index contributed by atoms with van der Waals surface area (Å²) in [7, 11) is 0. The first-order chi connectivity index (χ1) is 10.1. The van der Waals surface area contributed by atoms with Crippen molar-refractivity contribution in [2.45, 2.75) is 32.0 Å². The van der Waals surface area contributed by atoms with Gasteiger partial charge in [-0.2, -0.15) is 0 Å². The maximum absolute atomic E-state index is 12.4. The van der Waals surface area contributed by atoms with Gasteiger partial charge in [0.1, 0.15) is 12.2 Å².